The molecule has 1 fully saturated rings. The second-order valence-corrected chi connectivity index (χ2v) is 7.79. The molecule has 10 nitrogen and oxygen atoms in total. The summed E-state index contributed by atoms with van der Waals surface area (Å²) in [4.78, 5) is 32.9. The van der Waals surface area contributed by atoms with Crippen molar-refractivity contribution in [3.8, 4) is 5.95 Å². The number of carbonyl (C=O) groups excluding carboxylic acids is 1. The molecule has 0 spiro atoms. The first-order chi connectivity index (χ1) is 15.1. The molecule has 3 heterocycles. The molecule has 0 unspecified atom stereocenters. The van der Waals surface area contributed by atoms with Crippen molar-refractivity contribution < 1.29 is 9.90 Å². The van der Waals surface area contributed by atoms with Crippen LogP contribution in [0.15, 0.2) is 43.0 Å². The number of amides is 1. The summed E-state index contributed by atoms with van der Waals surface area (Å²) < 4.78 is 1.74. The maximum Gasteiger partial charge on any atom is 0.254 e. The summed E-state index contributed by atoms with van der Waals surface area (Å²) in [5.41, 5.74) is 2.13. The van der Waals surface area contributed by atoms with Crippen LogP contribution in [-0.4, -0.2) is 57.9 Å². The van der Waals surface area contributed by atoms with Gasteiger partial charge in [0.05, 0.1) is 28.7 Å². The molecule has 5 rings (SSSR count). The lowest BCUT2D eigenvalue weighted by molar-refractivity contribution is 0.0669. The summed E-state index contributed by atoms with van der Waals surface area (Å²) in [6.07, 6.45) is 5.48. The zero-order valence-corrected chi connectivity index (χ0v) is 16.9. The van der Waals surface area contributed by atoms with Gasteiger partial charge in [0.2, 0.25) is 5.95 Å². The van der Waals surface area contributed by atoms with Crippen molar-refractivity contribution in [2.75, 3.05) is 0 Å². The lowest BCUT2D eigenvalue weighted by Crippen LogP contribution is -2.47. The first-order valence-electron chi connectivity index (χ1n) is 10.2. The van der Waals surface area contributed by atoms with Crippen molar-refractivity contribution in [3.05, 3.63) is 60.2 Å². The topological polar surface area (TPSA) is 134 Å². The molecular weight excluding hydrogens is 396 g/mol. The average molecular weight is 418 g/mol. The quantitative estimate of drug-likeness (QED) is 0.459. The Hall–Kier alpha value is -3.66. The Morgan fingerprint density at radius 2 is 2.00 bits per heavy atom. The molecular formula is C21H22N8O2. The van der Waals surface area contributed by atoms with Crippen LogP contribution in [0.4, 0.5) is 0 Å². The van der Waals surface area contributed by atoms with E-state index in [4.69, 9.17) is 0 Å². The Labute approximate surface area is 177 Å². The molecule has 0 radical (unpaired) electrons. The van der Waals surface area contributed by atoms with Gasteiger partial charge in [-0.2, -0.15) is 4.68 Å². The van der Waals surface area contributed by atoms with Crippen LogP contribution in [0.1, 0.15) is 47.2 Å². The highest BCUT2D eigenvalue weighted by molar-refractivity contribution is 5.93. The number of hydrogen-bond donors (Lipinski definition) is 3. The number of para-hydroxylation sites is 2. The fourth-order valence-corrected chi connectivity index (χ4v) is 4.10. The molecule has 1 aromatic carbocycles. The van der Waals surface area contributed by atoms with Crippen molar-refractivity contribution in [2.24, 2.45) is 0 Å². The van der Waals surface area contributed by atoms with Crippen LogP contribution >= 0.6 is 0 Å². The number of aromatic nitrogens is 7. The average Bonchev–Trinajstić information content (AvgIpc) is 3.39. The maximum absolute atomic E-state index is 12.5. The molecule has 158 valence electrons. The molecule has 10 heteroatoms. The van der Waals surface area contributed by atoms with Crippen LogP contribution < -0.4 is 5.32 Å². The minimum atomic E-state index is -0.631. The number of rotatable bonds is 4. The zero-order chi connectivity index (χ0) is 21.4. The van der Waals surface area contributed by atoms with Crippen molar-refractivity contribution in [1.29, 1.82) is 0 Å². The first kappa shape index (κ1) is 19.3. The number of nitrogens with one attached hydrogen (secondary N) is 2. The number of aliphatic hydroxyl groups excluding tert-OH is 1. The lowest BCUT2D eigenvalue weighted by atomic mass is 9.83. The fourth-order valence-electron chi connectivity index (χ4n) is 4.10. The predicted octanol–water partition coefficient (Wildman–Crippen LogP) is 1.67. The van der Waals surface area contributed by atoms with Crippen molar-refractivity contribution in [2.45, 2.75) is 44.2 Å². The van der Waals surface area contributed by atoms with Crippen LogP contribution in [-0.2, 0) is 0 Å². The summed E-state index contributed by atoms with van der Waals surface area (Å²) in [5, 5.41) is 18.0. The smallest absolute Gasteiger partial charge is 0.254 e. The van der Waals surface area contributed by atoms with E-state index in [-0.39, 0.29) is 11.8 Å². The van der Waals surface area contributed by atoms with Crippen LogP contribution in [0.2, 0.25) is 0 Å². The number of aliphatic hydroxyl groups is 1. The number of imidazole rings is 1. The molecule has 0 aliphatic heterocycles. The van der Waals surface area contributed by atoms with Crippen LogP contribution in [0, 0.1) is 6.92 Å². The van der Waals surface area contributed by atoms with E-state index in [0.29, 0.717) is 30.2 Å². The highest BCUT2D eigenvalue weighted by Crippen LogP contribution is 2.33. The SMILES string of the molecule is Cc1nc([C@H]2CC[C@@H](O)[C@H](NC(=O)c3cncnc3)C2)n(-c2nc3ccccc3[nH]2)n1. The van der Waals surface area contributed by atoms with Gasteiger partial charge in [-0.05, 0) is 38.3 Å². The van der Waals surface area contributed by atoms with Gasteiger partial charge in [0.1, 0.15) is 18.0 Å². The van der Waals surface area contributed by atoms with Gasteiger partial charge in [0.25, 0.3) is 5.91 Å². The number of benzene rings is 1. The lowest BCUT2D eigenvalue weighted by Gasteiger charge is -2.33. The molecule has 3 aromatic heterocycles. The molecule has 1 aliphatic carbocycles. The van der Waals surface area contributed by atoms with E-state index >= 15 is 0 Å². The van der Waals surface area contributed by atoms with Gasteiger partial charge in [-0.25, -0.2) is 19.9 Å². The van der Waals surface area contributed by atoms with E-state index < -0.39 is 12.1 Å². The third-order valence-electron chi connectivity index (χ3n) is 5.63. The molecule has 1 aliphatic rings. The number of fused-ring (bicyclic) bond motifs is 1. The summed E-state index contributed by atoms with van der Waals surface area (Å²) in [5.74, 6) is 1.72. The number of aromatic amines is 1. The second kappa shape index (κ2) is 7.88. The van der Waals surface area contributed by atoms with E-state index in [9.17, 15) is 9.90 Å². The number of H-pyrrole nitrogens is 1. The number of hydrogen-bond acceptors (Lipinski definition) is 7. The molecule has 0 saturated heterocycles. The third-order valence-corrected chi connectivity index (χ3v) is 5.63. The summed E-state index contributed by atoms with van der Waals surface area (Å²) >= 11 is 0. The minimum absolute atomic E-state index is 0.00938. The molecule has 3 atom stereocenters. The molecule has 1 saturated carbocycles. The van der Waals surface area contributed by atoms with E-state index in [1.54, 1.807) is 4.68 Å². The van der Waals surface area contributed by atoms with Crippen LogP contribution in [0.3, 0.4) is 0 Å². The summed E-state index contributed by atoms with van der Waals surface area (Å²) in [7, 11) is 0. The van der Waals surface area contributed by atoms with Gasteiger partial charge in [0, 0.05) is 18.3 Å². The Kier molecular flexibility index (Phi) is 4.91. The predicted molar refractivity (Wildman–Crippen MR) is 112 cm³/mol. The molecule has 0 bridgehead atoms. The number of nitrogens with zero attached hydrogens (tertiary/aromatic N) is 6. The minimum Gasteiger partial charge on any atom is -0.391 e. The Balaban J connectivity index is 1.41. The van der Waals surface area contributed by atoms with Crippen molar-refractivity contribution in [3.63, 3.8) is 0 Å². The van der Waals surface area contributed by atoms with Gasteiger partial charge in [-0.3, -0.25) is 4.79 Å². The van der Waals surface area contributed by atoms with Gasteiger partial charge in [0.15, 0.2) is 0 Å². The van der Waals surface area contributed by atoms with Crippen LogP contribution in [0.25, 0.3) is 17.0 Å². The zero-order valence-electron chi connectivity index (χ0n) is 16.9. The van der Waals surface area contributed by atoms with E-state index in [2.05, 4.69) is 35.3 Å². The highest BCUT2D eigenvalue weighted by Gasteiger charge is 2.34. The highest BCUT2D eigenvalue weighted by atomic mass is 16.3. The summed E-state index contributed by atoms with van der Waals surface area (Å²) in [6, 6.07) is 7.38. The standard InChI is InChI=1S/C21H22N8O2/c1-12-24-19(29(28-12)21-26-15-4-2-3-5-16(15)27-21)13-6-7-18(30)17(8-13)25-20(31)14-9-22-11-23-10-14/h2-5,9-11,13,17-18,30H,6-8H2,1H3,(H,25,31)(H,26,27)/t13-,17+,18+/m0/s1. The van der Waals surface area contributed by atoms with Gasteiger partial charge >= 0.3 is 0 Å². The monoisotopic (exact) mass is 418 g/mol. The third kappa shape index (κ3) is 3.77. The van der Waals surface area contributed by atoms with Crippen LogP contribution in [0.5, 0.6) is 0 Å². The summed E-state index contributed by atoms with van der Waals surface area (Å²) in [6.45, 7) is 1.84. The van der Waals surface area contributed by atoms with E-state index in [0.717, 1.165) is 23.3 Å². The van der Waals surface area contributed by atoms with Gasteiger partial charge < -0.3 is 15.4 Å². The Morgan fingerprint density at radius 1 is 1.19 bits per heavy atom. The first-order valence-corrected chi connectivity index (χ1v) is 10.2. The molecule has 31 heavy (non-hydrogen) atoms. The maximum atomic E-state index is 12.5. The van der Waals surface area contributed by atoms with Crippen molar-refractivity contribution >= 4 is 16.9 Å². The van der Waals surface area contributed by atoms with E-state index in [1.807, 2.05) is 31.2 Å². The largest absolute Gasteiger partial charge is 0.391 e. The number of carbonyl (C=O) groups is 1. The molecule has 1 amide bonds. The Bertz CT molecular complexity index is 1190. The van der Waals surface area contributed by atoms with Gasteiger partial charge in [-0.1, -0.05) is 12.1 Å². The second-order valence-electron chi connectivity index (χ2n) is 7.79. The van der Waals surface area contributed by atoms with Gasteiger partial charge in [-0.15, -0.1) is 5.10 Å². The normalized spacial score (nSPS) is 21.3. The Morgan fingerprint density at radius 3 is 2.81 bits per heavy atom. The van der Waals surface area contributed by atoms with Crippen molar-refractivity contribution in [1.82, 2.24) is 40.0 Å². The fraction of sp³-hybridized carbons (Fsp3) is 0.333. The molecule has 3 N–H and O–H groups in total. The van der Waals surface area contributed by atoms with E-state index in [1.165, 1.54) is 18.7 Å². The molecule has 4 aromatic rings. The number of aryl methyl sites for hydroxylation is 1.